The molecule has 0 aliphatic carbocycles. The van der Waals surface area contributed by atoms with Crippen molar-refractivity contribution in [3.05, 3.63) is 62.9 Å². The van der Waals surface area contributed by atoms with Crippen LogP contribution in [0.25, 0.3) is 11.4 Å². The number of rotatable bonds is 4. The first-order valence-electron chi connectivity index (χ1n) is 7.26. The number of halogens is 2. The Morgan fingerprint density at radius 3 is 2.64 bits per heavy atom. The summed E-state index contributed by atoms with van der Waals surface area (Å²) >= 11 is 6.73. The molecule has 0 saturated heterocycles. The summed E-state index contributed by atoms with van der Waals surface area (Å²) in [4.78, 5) is 12.8. The zero-order valence-corrected chi connectivity index (χ0v) is 16.3. The second-order valence-corrected chi connectivity index (χ2v) is 6.92. The highest BCUT2D eigenvalue weighted by Gasteiger charge is 2.13. The van der Waals surface area contributed by atoms with Crippen LogP contribution in [0.5, 0.6) is 5.75 Å². The highest BCUT2D eigenvalue weighted by Crippen LogP contribution is 2.37. The first-order chi connectivity index (χ1) is 12.0. The van der Waals surface area contributed by atoms with Crippen LogP contribution >= 0.6 is 31.9 Å². The molecule has 3 aromatic rings. The van der Waals surface area contributed by atoms with Gasteiger partial charge in [0.05, 0.1) is 16.3 Å². The number of aromatic nitrogens is 3. The third-order valence-corrected chi connectivity index (χ3v) is 4.28. The standard InChI is InChI=1S/C17H13Br2N5O/c1-10-6-15(24-21-9-11-2-4-20-5-3-11)23-17(22-10)13-7-12(18)8-14(19)16(13)25/h2-9,25H,1H3,(H,22,23,24). The Balaban J connectivity index is 1.90. The number of benzene rings is 1. The van der Waals surface area contributed by atoms with Crippen LogP contribution in [0.15, 0.2) is 56.8 Å². The van der Waals surface area contributed by atoms with E-state index in [4.69, 9.17) is 0 Å². The van der Waals surface area contributed by atoms with Gasteiger partial charge in [-0.1, -0.05) is 15.9 Å². The van der Waals surface area contributed by atoms with Crippen molar-refractivity contribution in [2.24, 2.45) is 5.10 Å². The summed E-state index contributed by atoms with van der Waals surface area (Å²) in [5.41, 5.74) is 5.08. The number of phenolic OH excluding ortho intramolecular Hbond substituents is 1. The first-order valence-corrected chi connectivity index (χ1v) is 8.84. The predicted molar refractivity (Wildman–Crippen MR) is 105 cm³/mol. The van der Waals surface area contributed by atoms with E-state index in [-0.39, 0.29) is 5.75 Å². The summed E-state index contributed by atoms with van der Waals surface area (Å²) in [6.45, 7) is 1.85. The summed E-state index contributed by atoms with van der Waals surface area (Å²) in [5, 5.41) is 14.4. The molecule has 2 heterocycles. The molecule has 0 atom stereocenters. The number of nitrogens with one attached hydrogen (secondary N) is 1. The predicted octanol–water partition coefficient (Wildman–Crippen LogP) is 4.52. The van der Waals surface area contributed by atoms with E-state index in [1.165, 1.54) is 0 Å². The third kappa shape index (κ3) is 4.40. The van der Waals surface area contributed by atoms with Crippen LogP contribution in [-0.2, 0) is 0 Å². The Hall–Kier alpha value is -2.32. The number of anilines is 1. The number of phenols is 1. The van der Waals surface area contributed by atoms with Gasteiger partial charge < -0.3 is 5.11 Å². The molecule has 0 amide bonds. The molecular formula is C17H13Br2N5O. The fourth-order valence-electron chi connectivity index (χ4n) is 2.11. The van der Waals surface area contributed by atoms with E-state index in [0.717, 1.165) is 15.7 Å². The summed E-state index contributed by atoms with van der Waals surface area (Å²) in [5.74, 6) is 1.02. The molecule has 0 aliphatic rings. The largest absolute Gasteiger partial charge is 0.506 e. The average molecular weight is 463 g/mol. The molecular weight excluding hydrogens is 450 g/mol. The minimum Gasteiger partial charge on any atom is -0.506 e. The smallest absolute Gasteiger partial charge is 0.165 e. The lowest BCUT2D eigenvalue weighted by Gasteiger charge is -2.09. The number of pyridine rings is 1. The molecule has 2 aromatic heterocycles. The van der Waals surface area contributed by atoms with Gasteiger partial charge in [-0.3, -0.25) is 10.4 Å². The van der Waals surface area contributed by atoms with Crippen LogP contribution < -0.4 is 5.43 Å². The molecule has 0 unspecified atom stereocenters. The maximum Gasteiger partial charge on any atom is 0.165 e. The van der Waals surface area contributed by atoms with Crippen LogP contribution in [0.1, 0.15) is 11.3 Å². The van der Waals surface area contributed by atoms with E-state index >= 15 is 0 Å². The second-order valence-electron chi connectivity index (χ2n) is 5.15. The molecule has 8 heteroatoms. The molecule has 0 radical (unpaired) electrons. The Morgan fingerprint density at radius 2 is 1.88 bits per heavy atom. The zero-order valence-electron chi connectivity index (χ0n) is 13.1. The highest BCUT2D eigenvalue weighted by atomic mass is 79.9. The van der Waals surface area contributed by atoms with Crippen molar-refractivity contribution in [2.45, 2.75) is 6.92 Å². The molecule has 0 saturated carbocycles. The van der Waals surface area contributed by atoms with E-state index in [1.54, 1.807) is 36.8 Å². The van der Waals surface area contributed by atoms with E-state index < -0.39 is 0 Å². The zero-order chi connectivity index (χ0) is 17.8. The van der Waals surface area contributed by atoms with Crippen molar-refractivity contribution < 1.29 is 5.11 Å². The Morgan fingerprint density at radius 1 is 1.12 bits per heavy atom. The van der Waals surface area contributed by atoms with Crippen molar-refractivity contribution >= 4 is 43.9 Å². The van der Waals surface area contributed by atoms with Crippen LogP contribution in [-0.4, -0.2) is 26.3 Å². The molecule has 6 nitrogen and oxygen atoms in total. The Kier molecular flexibility index (Phi) is 5.40. The molecule has 0 bridgehead atoms. The minimum absolute atomic E-state index is 0.0834. The average Bonchev–Trinajstić information content (AvgIpc) is 2.58. The van der Waals surface area contributed by atoms with Crippen LogP contribution in [0.3, 0.4) is 0 Å². The van der Waals surface area contributed by atoms with Gasteiger partial charge in [0.15, 0.2) is 11.6 Å². The number of hydrazone groups is 1. The number of aromatic hydroxyl groups is 1. The van der Waals surface area contributed by atoms with Crippen molar-refractivity contribution in [3.8, 4) is 17.1 Å². The van der Waals surface area contributed by atoms with Gasteiger partial charge >= 0.3 is 0 Å². The summed E-state index contributed by atoms with van der Waals surface area (Å²) in [6, 6.07) is 8.99. The van der Waals surface area contributed by atoms with Gasteiger partial charge in [0, 0.05) is 28.6 Å². The van der Waals surface area contributed by atoms with Gasteiger partial charge in [0.25, 0.3) is 0 Å². The fourth-order valence-corrected chi connectivity index (χ4v) is 3.33. The van der Waals surface area contributed by atoms with Gasteiger partial charge in [0.2, 0.25) is 0 Å². The minimum atomic E-state index is 0.0834. The molecule has 2 N–H and O–H groups in total. The van der Waals surface area contributed by atoms with Crippen molar-refractivity contribution in [1.82, 2.24) is 15.0 Å². The summed E-state index contributed by atoms with van der Waals surface area (Å²) in [7, 11) is 0. The number of aryl methyl sites for hydroxylation is 1. The lowest BCUT2D eigenvalue weighted by molar-refractivity contribution is 0.473. The molecule has 0 spiro atoms. The normalized spacial score (nSPS) is 11.0. The van der Waals surface area contributed by atoms with Crippen LogP contribution in [0.2, 0.25) is 0 Å². The van der Waals surface area contributed by atoms with Gasteiger partial charge in [0.1, 0.15) is 5.75 Å². The maximum absolute atomic E-state index is 10.3. The molecule has 126 valence electrons. The quantitative estimate of drug-likeness (QED) is 0.439. The summed E-state index contributed by atoms with van der Waals surface area (Å²) < 4.78 is 1.37. The van der Waals surface area contributed by atoms with Gasteiger partial charge in [-0.05, 0) is 52.7 Å². The fraction of sp³-hybridized carbons (Fsp3) is 0.0588. The van der Waals surface area contributed by atoms with Gasteiger partial charge in [-0.25, -0.2) is 9.97 Å². The molecule has 1 aromatic carbocycles. The maximum atomic E-state index is 10.3. The van der Waals surface area contributed by atoms with Crippen molar-refractivity contribution in [1.29, 1.82) is 0 Å². The molecule has 3 rings (SSSR count). The third-order valence-electron chi connectivity index (χ3n) is 3.22. The van der Waals surface area contributed by atoms with E-state index in [2.05, 4.69) is 57.3 Å². The monoisotopic (exact) mass is 461 g/mol. The van der Waals surface area contributed by atoms with E-state index in [9.17, 15) is 5.11 Å². The molecule has 0 fully saturated rings. The van der Waals surface area contributed by atoms with Gasteiger partial charge in [-0.2, -0.15) is 5.10 Å². The molecule has 0 aliphatic heterocycles. The lowest BCUT2D eigenvalue weighted by atomic mass is 10.2. The number of hydrogen-bond acceptors (Lipinski definition) is 6. The second kappa shape index (κ2) is 7.71. The van der Waals surface area contributed by atoms with Crippen molar-refractivity contribution in [2.75, 3.05) is 5.43 Å². The molecule has 25 heavy (non-hydrogen) atoms. The topological polar surface area (TPSA) is 83.3 Å². The van der Waals surface area contributed by atoms with Gasteiger partial charge in [-0.15, -0.1) is 0 Å². The number of nitrogens with zero attached hydrogens (tertiary/aromatic N) is 4. The highest BCUT2D eigenvalue weighted by molar-refractivity contribution is 9.11. The SMILES string of the molecule is Cc1cc(NN=Cc2ccncc2)nc(-c2cc(Br)cc(Br)c2O)n1. The van der Waals surface area contributed by atoms with Crippen LogP contribution in [0, 0.1) is 6.92 Å². The Bertz CT molecular complexity index is 932. The Labute approximate surface area is 161 Å². The first kappa shape index (κ1) is 17.5. The lowest BCUT2D eigenvalue weighted by Crippen LogP contribution is -1.99. The summed E-state index contributed by atoms with van der Waals surface area (Å²) in [6.07, 6.45) is 5.07. The van der Waals surface area contributed by atoms with E-state index in [0.29, 0.717) is 21.7 Å². The van der Waals surface area contributed by atoms with E-state index in [1.807, 2.05) is 19.1 Å². The number of hydrogen-bond donors (Lipinski definition) is 2. The van der Waals surface area contributed by atoms with Crippen molar-refractivity contribution in [3.63, 3.8) is 0 Å². The van der Waals surface area contributed by atoms with Crippen LogP contribution in [0.4, 0.5) is 5.82 Å².